The molecule has 0 bridgehead atoms. The summed E-state index contributed by atoms with van der Waals surface area (Å²) in [5, 5.41) is 0. The molecule has 2 aliphatic rings. The maximum Gasteiger partial charge on any atom is 0.310 e. The topological polar surface area (TPSA) is 61.6 Å². The fourth-order valence-electron chi connectivity index (χ4n) is 2.14. The van der Waals surface area contributed by atoms with Crippen LogP contribution in [0.25, 0.3) is 0 Å². The van der Waals surface area contributed by atoms with Crippen LogP contribution < -0.4 is 5.73 Å². The van der Waals surface area contributed by atoms with Crippen molar-refractivity contribution in [3.05, 3.63) is 0 Å². The quantitative estimate of drug-likeness (QED) is 0.656. The summed E-state index contributed by atoms with van der Waals surface area (Å²) < 4.78 is 10.5. The van der Waals surface area contributed by atoms with E-state index in [9.17, 15) is 4.79 Å². The molecule has 4 heteroatoms. The number of esters is 1. The molecule has 0 amide bonds. The Morgan fingerprint density at radius 2 is 2.21 bits per heavy atom. The molecule has 2 N–H and O–H groups in total. The summed E-state index contributed by atoms with van der Waals surface area (Å²) in [5.74, 6) is -0.193. The standard InChI is InChI=1S/C10H17NO3/c11-9-3-1-2-8(9)10(12)14-7-4-5-13-6-7/h7-9H,1-6,11H2. The second kappa shape index (κ2) is 4.28. The van der Waals surface area contributed by atoms with Gasteiger partial charge in [-0.1, -0.05) is 6.42 Å². The first kappa shape index (κ1) is 9.93. The molecule has 14 heavy (non-hydrogen) atoms. The van der Waals surface area contributed by atoms with Gasteiger partial charge in [-0.05, 0) is 12.8 Å². The number of nitrogens with two attached hydrogens (primary N) is 1. The van der Waals surface area contributed by atoms with Crippen LogP contribution in [0.15, 0.2) is 0 Å². The zero-order valence-electron chi connectivity index (χ0n) is 8.28. The Balaban J connectivity index is 1.82. The van der Waals surface area contributed by atoms with Crippen LogP contribution in [0.2, 0.25) is 0 Å². The van der Waals surface area contributed by atoms with Crippen LogP contribution in [0.4, 0.5) is 0 Å². The van der Waals surface area contributed by atoms with Gasteiger partial charge in [0.25, 0.3) is 0 Å². The van der Waals surface area contributed by atoms with Crippen LogP contribution in [0.3, 0.4) is 0 Å². The van der Waals surface area contributed by atoms with E-state index in [1.54, 1.807) is 0 Å². The van der Waals surface area contributed by atoms with Gasteiger partial charge < -0.3 is 15.2 Å². The van der Waals surface area contributed by atoms with Crippen LogP contribution in [-0.2, 0) is 14.3 Å². The van der Waals surface area contributed by atoms with Gasteiger partial charge in [-0.15, -0.1) is 0 Å². The van der Waals surface area contributed by atoms with Gasteiger partial charge in [-0.2, -0.15) is 0 Å². The highest BCUT2D eigenvalue weighted by molar-refractivity contribution is 5.73. The second-order valence-electron chi connectivity index (χ2n) is 4.12. The van der Waals surface area contributed by atoms with E-state index < -0.39 is 0 Å². The van der Waals surface area contributed by atoms with Crippen LogP contribution >= 0.6 is 0 Å². The summed E-state index contributed by atoms with van der Waals surface area (Å²) in [5.41, 5.74) is 5.82. The Hall–Kier alpha value is -0.610. The third-order valence-electron chi connectivity index (χ3n) is 3.04. The third kappa shape index (κ3) is 2.07. The molecule has 4 nitrogen and oxygen atoms in total. The number of hydrogen-bond donors (Lipinski definition) is 1. The molecule has 3 atom stereocenters. The largest absolute Gasteiger partial charge is 0.460 e. The van der Waals surface area contributed by atoms with Gasteiger partial charge in [-0.3, -0.25) is 4.79 Å². The molecule has 1 saturated carbocycles. The fourth-order valence-corrected chi connectivity index (χ4v) is 2.14. The number of carbonyl (C=O) groups is 1. The van der Waals surface area contributed by atoms with E-state index >= 15 is 0 Å². The van der Waals surface area contributed by atoms with Gasteiger partial charge in [0.1, 0.15) is 6.10 Å². The molecule has 2 fully saturated rings. The van der Waals surface area contributed by atoms with Crippen molar-refractivity contribution in [2.45, 2.75) is 37.8 Å². The minimum atomic E-state index is -0.120. The molecule has 0 radical (unpaired) electrons. The van der Waals surface area contributed by atoms with Crippen molar-refractivity contribution >= 4 is 5.97 Å². The Labute approximate surface area is 83.7 Å². The van der Waals surface area contributed by atoms with Gasteiger partial charge in [0.15, 0.2) is 0 Å². The molecule has 2 rings (SSSR count). The van der Waals surface area contributed by atoms with Gasteiger partial charge in [-0.25, -0.2) is 0 Å². The van der Waals surface area contributed by atoms with E-state index in [1.807, 2.05) is 0 Å². The van der Waals surface area contributed by atoms with Gasteiger partial charge in [0.2, 0.25) is 0 Å². The lowest BCUT2D eigenvalue weighted by Crippen LogP contribution is -2.34. The van der Waals surface area contributed by atoms with Gasteiger partial charge in [0, 0.05) is 12.5 Å². The summed E-state index contributed by atoms with van der Waals surface area (Å²) in [6, 6.07) is 0.00446. The zero-order valence-corrected chi connectivity index (χ0v) is 8.28. The number of rotatable bonds is 2. The first-order chi connectivity index (χ1) is 6.77. The van der Waals surface area contributed by atoms with E-state index in [4.69, 9.17) is 15.2 Å². The molecule has 0 aromatic heterocycles. The van der Waals surface area contributed by atoms with Crippen LogP contribution in [0.5, 0.6) is 0 Å². The van der Waals surface area contributed by atoms with Crippen molar-refractivity contribution in [3.8, 4) is 0 Å². The summed E-state index contributed by atoms with van der Waals surface area (Å²) in [7, 11) is 0. The highest BCUT2D eigenvalue weighted by Crippen LogP contribution is 2.26. The van der Waals surface area contributed by atoms with Gasteiger partial charge in [0.05, 0.1) is 19.1 Å². The summed E-state index contributed by atoms with van der Waals surface area (Å²) in [6.07, 6.45) is 3.67. The molecule has 1 saturated heterocycles. The van der Waals surface area contributed by atoms with E-state index in [0.717, 1.165) is 25.7 Å². The molecule has 1 heterocycles. The molecule has 0 aromatic rings. The Morgan fingerprint density at radius 3 is 2.79 bits per heavy atom. The SMILES string of the molecule is NC1CCCC1C(=O)OC1CCOC1. The maximum absolute atomic E-state index is 11.7. The van der Waals surface area contributed by atoms with Crippen molar-refractivity contribution < 1.29 is 14.3 Å². The van der Waals surface area contributed by atoms with E-state index in [2.05, 4.69) is 0 Å². The third-order valence-corrected chi connectivity index (χ3v) is 3.04. The minimum absolute atomic E-state index is 0.00446. The van der Waals surface area contributed by atoms with Crippen molar-refractivity contribution in [1.82, 2.24) is 0 Å². The monoisotopic (exact) mass is 199 g/mol. The highest BCUT2D eigenvalue weighted by atomic mass is 16.6. The van der Waals surface area contributed by atoms with E-state index in [-0.39, 0.29) is 24.0 Å². The van der Waals surface area contributed by atoms with E-state index in [0.29, 0.717) is 13.2 Å². The summed E-state index contributed by atoms with van der Waals surface area (Å²) in [6.45, 7) is 1.25. The Kier molecular flexibility index (Phi) is 3.03. The van der Waals surface area contributed by atoms with Crippen LogP contribution in [0, 0.1) is 5.92 Å². The first-order valence-corrected chi connectivity index (χ1v) is 5.31. The summed E-state index contributed by atoms with van der Waals surface area (Å²) >= 11 is 0. The van der Waals surface area contributed by atoms with Crippen molar-refractivity contribution in [2.75, 3.05) is 13.2 Å². The Morgan fingerprint density at radius 1 is 1.36 bits per heavy atom. The molecule has 3 unspecified atom stereocenters. The fraction of sp³-hybridized carbons (Fsp3) is 0.900. The van der Waals surface area contributed by atoms with Crippen molar-refractivity contribution in [1.29, 1.82) is 0 Å². The molecule has 0 spiro atoms. The minimum Gasteiger partial charge on any atom is -0.460 e. The van der Waals surface area contributed by atoms with Crippen LogP contribution in [-0.4, -0.2) is 31.3 Å². The Bertz CT molecular complexity index is 213. The molecular weight excluding hydrogens is 182 g/mol. The smallest absolute Gasteiger partial charge is 0.310 e. The van der Waals surface area contributed by atoms with E-state index in [1.165, 1.54) is 0 Å². The predicted molar refractivity (Wildman–Crippen MR) is 50.6 cm³/mol. The number of carbonyl (C=O) groups excluding carboxylic acids is 1. The average molecular weight is 199 g/mol. The number of hydrogen-bond acceptors (Lipinski definition) is 4. The van der Waals surface area contributed by atoms with Crippen LogP contribution in [0.1, 0.15) is 25.7 Å². The maximum atomic E-state index is 11.7. The molecular formula is C10H17NO3. The average Bonchev–Trinajstić information content (AvgIpc) is 2.75. The first-order valence-electron chi connectivity index (χ1n) is 5.31. The number of ether oxygens (including phenoxy) is 2. The molecule has 0 aromatic carbocycles. The molecule has 1 aliphatic heterocycles. The van der Waals surface area contributed by atoms with Crippen molar-refractivity contribution in [2.24, 2.45) is 11.7 Å². The van der Waals surface area contributed by atoms with Crippen molar-refractivity contribution in [3.63, 3.8) is 0 Å². The molecule has 1 aliphatic carbocycles. The lowest BCUT2D eigenvalue weighted by Gasteiger charge is -2.17. The predicted octanol–water partition coefficient (Wildman–Crippen LogP) is 0.446. The second-order valence-corrected chi connectivity index (χ2v) is 4.12. The lowest BCUT2D eigenvalue weighted by molar-refractivity contribution is -0.154. The zero-order chi connectivity index (χ0) is 9.97. The normalized spacial score (nSPS) is 37.4. The summed E-state index contributed by atoms with van der Waals surface area (Å²) in [4.78, 5) is 11.7. The lowest BCUT2D eigenvalue weighted by atomic mass is 10.1. The van der Waals surface area contributed by atoms with Gasteiger partial charge >= 0.3 is 5.97 Å². The highest BCUT2D eigenvalue weighted by Gasteiger charge is 2.33. The molecule has 80 valence electrons.